The first-order valence-corrected chi connectivity index (χ1v) is 10.6. The lowest BCUT2D eigenvalue weighted by Gasteiger charge is -2.36. The molecule has 2 N–H and O–H groups in total. The summed E-state index contributed by atoms with van der Waals surface area (Å²) >= 11 is 0. The molecule has 0 aromatic heterocycles. The summed E-state index contributed by atoms with van der Waals surface area (Å²) in [5.41, 5.74) is 2.25. The number of benzene rings is 2. The lowest BCUT2D eigenvalue weighted by atomic mass is 9.74. The summed E-state index contributed by atoms with van der Waals surface area (Å²) in [6.45, 7) is 5.68. The molecule has 1 aliphatic rings. The second-order valence-electron chi connectivity index (χ2n) is 7.62. The molecule has 0 atom stereocenters. The summed E-state index contributed by atoms with van der Waals surface area (Å²) in [5, 5.41) is 6.76. The molecule has 0 unspecified atom stereocenters. The van der Waals surface area contributed by atoms with Crippen molar-refractivity contribution in [2.45, 2.75) is 31.6 Å². The van der Waals surface area contributed by atoms with Gasteiger partial charge in [-0.25, -0.2) is 4.39 Å². The number of nitrogens with one attached hydrogen (secondary N) is 2. The number of methoxy groups -OCH3 is 1. The van der Waals surface area contributed by atoms with Crippen LogP contribution < -0.4 is 15.4 Å². The number of guanidine groups is 1. The van der Waals surface area contributed by atoms with Gasteiger partial charge in [-0.3, -0.25) is 4.99 Å². The molecular formula is C24H33FIN3O2. The molecule has 5 nitrogen and oxygen atoms in total. The van der Waals surface area contributed by atoms with Crippen molar-refractivity contribution in [3.05, 3.63) is 65.5 Å². The van der Waals surface area contributed by atoms with Gasteiger partial charge < -0.3 is 20.1 Å². The van der Waals surface area contributed by atoms with Crippen molar-refractivity contribution < 1.29 is 13.9 Å². The Balaban J connectivity index is 0.00000341. The minimum Gasteiger partial charge on any atom is -0.497 e. The van der Waals surface area contributed by atoms with Crippen LogP contribution in [0.25, 0.3) is 0 Å². The largest absolute Gasteiger partial charge is 0.497 e. The molecule has 1 aliphatic heterocycles. The molecule has 170 valence electrons. The van der Waals surface area contributed by atoms with Crippen molar-refractivity contribution >= 4 is 29.9 Å². The number of nitrogens with zero attached hydrogens (tertiary/aromatic N) is 1. The molecule has 31 heavy (non-hydrogen) atoms. The van der Waals surface area contributed by atoms with Crippen LogP contribution in [0.5, 0.6) is 5.75 Å². The Kier molecular flexibility index (Phi) is 10.5. The van der Waals surface area contributed by atoms with Gasteiger partial charge in [0, 0.05) is 31.7 Å². The summed E-state index contributed by atoms with van der Waals surface area (Å²) in [4.78, 5) is 4.89. The van der Waals surface area contributed by atoms with Crippen molar-refractivity contribution in [3.63, 3.8) is 0 Å². The molecule has 1 saturated heterocycles. The summed E-state index contributed by atoms with van der Waals surface area (Å²) < 4.78 is 24.2. The van der Waals surface area contributed by atoms with E-state index in [-0.39, 0.29) is 35.2 Å². The zero-order valence-corrected chi connectivity index (χ0v) is 20.7. The zero-order valence-electron chi connectivity index (χ0n) is 18.3. The molecule has 2 aromatic rings. The van der Waals surface area contributed by atoms with Crippen molar-refractivity contribution in [2.75, 3.05) is 40.0 Å². The summed E-state index contributed by atoms with van der Waals surface area (Å²) in [7, 11) is 1.67. The molecule has 2 aromatic carbocycles. The molecule has 0 radical (unpaired) electrons. The van der Waals surface area contributed by atoms with Gasteiger partial charge in [0.25, 0.3) is 0 Å². The van der Waals surface area contributed by atoms with E-state index < -0.39 is 0 Å². The van der Waals surface area contributed by atoms with E-state index in [1.807, 2.05) is 24.3 Å². The van der Waals surface area contributed by atoms with Crippen LogP contribution in [0.4, 0.5) is 4.39 Å². The van der Waals surface area contributed by atoms with Gasteiger partial charge in [0.05, 0.1) is 13.7 Å². The fourth-order valence-corrected chi connectivity index (χ4v) is 3.79. The molecular weight excluding hydrogens is 508 g/mol. The molecule has 0 bridgehead atoms. The minimum atomic E-state index is -0.210. The first-order chi connectivity index (χ1) is 14.6. The fourth-order valence-electron chi connectivity index (χ4n) is 3.79. The van der Waals surface area contributed by atoms with Crippen molar-refractivity contribution in [1.29, 1.82) is 0 Å². The third kappa shape index (κ3) is 7.35. The Morgan fingerprint density at radius 1 is 1.06 bits per heavy atom. The smallest absolute Gasteiger partial charge is 0.191 e. The van der Waals surface area contributed by atoms with Crippen molar-refractivity contribution in [3.8, 4) is 5.75 Å². The maximum Gasteiger partial charge on any atom is 0.191 e. The van der Waals surface area contributed by atoms with Crippen molar-refractivity contribution in [1.82, 2.24) is 10.6 Å². The van der Waals surface area contributed by atoms with E-state index in [2.05, 4.69) is 29.7 Å². The van der Waals surface area contributed by atoms with Crippen LogP contribution in [0.3, 0.4) is 0 Å². The van der Waals surface area contributed by atoms with Crippen LogP contribution in [0.2, 0.25) is 0 Å². The fraction of sp³-hybridized carbons (Fsp3) is 0.458. The van der Waals surface area contributed by atoms with Gasteiger partial charge in [0.1, 0.15) is 11.6 Å². The van der Waals surface area contributed by atoms with Gasteiger partial charge in [-0.05, 0) is 61.6 Å². The number of ether oxygens (including phenoxy) is 2. The molecule has 0 saturated carbocycles. The number of rotatable bonds is 8. The van der Waals surface area contributed by atoms with Crippen LogP contribution >= 0.6 is 24.0 Å². The Hall–Kier alpha value is -1.87. The normalized spacial score (nSPS) is 15.6. The highest BCUT2D eigenvalue weighted by molar-refractivity contribution is 14.0. The Labute approximate surface area is 201 Å². The van der Waals surface area contributed by atoms with Crippen LogP contribution in [0.15, 0.2) is 53.5 Å². The number of hydrogen-bond acceptors (Lipinski definition) is 3. The maximum absolute atomic E-state index is 13.4. The highest BCUT2D eigenvalue weighted by Gasteiger charge is 2.34. The SMILES string of the molecule is CCNC(=NCC1(c2ccc(F)cc2)CCOCC1)NCCc1ccc(OC)cc1.I. The Morgan fingerprint density at radius 3 is 2.35 bits per heavy atom. The quantitative estimate of drug-likeness (QED) is 0.298. The number of halogens is 2. The van der Waals surface area contributed by atoms with E-state index in [4.69, 9.17) is 14.5 Å². The second-order valence-corrected chi connectivity index (χ2v) is 7.62. The predicted octanol–water partition coefficient (Wildman–Crippen LogP) is 4.30. The van der Waals surface area contributed by atoms with E-state index in [0.717, 1.165) is 49.6 Å². The van der Waals surface area contributed by atoms with Gasteiger partial charge >= 0.3 is 0 Å². The van der Waals surface area contributed by atoms with Gasteiger partial charge in [0.15, 0.2) is 5.96 Å². The Bertz CT molecular complexity index is 807. The number of aliphatic imine (C=N–C) groups is 1. The average molecular weight is 541 g/mol. The number of hydrogen-bond donors (Lipinski definition) is 2. The monoisotopic (exact) mass is 541 g/mol. The van der Waals surface area contributed by atoms with Gasteiger partial charge in [-0.15, -0.1) is 24.0 Å². The third-order valence-electron chi connectivity index (χ3n) is 5.66. The minimum absolute atomic E-state index is 0. The molecule has 0 aliphatic carbocycles. The molecule has 1 heterocycles. The maximum atomic E-state index is 13.4. The predicted molar refractivity (Wildman–Crippen MR) is 134 cm³/mol. The molecule has 0 spiro atoms. The highest BCUT2D eigenvalue weighted by atomic mass is 127. The molecule has 7 heteroatoms. The standard InChI is InChI=1S/C24H32FN3O2.HI/c1-3-26-23(27-15-12-19-4-10-22(29-2)11-5-19)28-18-24(13-16-30-17-14-24)20-6-8-21(25)9-7-20;/h4-11H,3,12-18H2,1-2H3,(H2,26,27,28);1H. The van der Waals surface area contributed by atoms with Gasteiger partial charge in [-0.2, -0.15) is 0 Å². The highest BCUT2D eigenvalue weighted by Crippen LogP contribution is 2.35. The molecule has 0 amide bonds. The first-order valence-electron chi connectivity index (χ1n) is 10.6. The van der Waals surface area contributed by atoms with Crippen LogP contribution in [-0.2, 0) is 16.6 Å². The van der Waals surface area contributed by atoms with Gasteiger partial charge in [-0.1, -0.05) is 24.3 Å². The van der Waals surface area contributed by atoms with Crippen LogP contribution in [0.1, 0.15) is 30.9 Å². The van der Waals surface area contributed by atoms with E-state index >= 15 is 0 Å². The lowest BCUT2D eigenvalue weighted by Crippen LogP contribution is -2.41. The lowest BCUT2D eigenvalue weighted by molar-refractivity contribution is 0.0531. The van der Waals surface area contributed by atoms with Gasteiger partial charge in [0.2, 0.25) is 0 Å². The van der Waals surface area contributed by atoms with E-state index in [9.17, 15) is 4.39 Å². The van der Waals surface area contributed by atoms with Crippen LogP contribution in [-0.4, -0.2) is 45.9 Å². The third-order valence-corrected chi connectivity index (χ3v) is 5.66. The second kappa shape index (κ2) is 12.9. The van der Waals surface area contributed by atoms with E-state index in [1.54, 1.807) is 7.11 Å². The van der Waals surface area contributed by atoms with Crippen LogP contribution in [0, 0.1) is 5.82 Å². The average Bonchev–Trinajstić information content (AvgIpc) is 2.79. The zero-order chi connectivity index (χ0) is 21.2. The molecule has 1 fully saturated rings. The van der Waals surface area contributed by atoms with E-state index in [0.29, 0.717) is 19.8 Å². The summed E-state index contributed by atoms with van der Waals surface area (Å²) in [6, 6.07) is 15.0. The first kappa shape index (κ1) is 25.4. The summed E-state index contributed by atoms with van der Waals surface area (Å²) in [6.07, 6.45) is 2.66. The topological polar surface area (TPSA) is 54.9 Å². The summed E-state index contributed by atoms with van der Waals surface area (Å²) in [5.74, 6) is 1.46. The molecule has 3 rings (SSSR count). The Morgan fingerprint density at radius 2 is 1.74 bits per heavy atom. The van der Waals surface area contributed by atoms with Crippen molar-refractivity contribution in [2.24, 2.45) is 4.99 Å². The van der Waals surface area contributed by atoms with E-state index in [1.165, 1.54) is 17.7 Å².